The number of hydrogen-bond donors (Lipinski definition) is 1. The Kier molecular flexibility index (Phi) is 3.88. The Hall–Kier alpha value is -1.25. The van der Waals surface area contributed by atoms with Crippen LogP contribution in [0, 0.1) is 23.7 Å². The van der Waals surface area contributed by atoms with Gasteiger partial charge in [-0.15, -0.1) is 0 Å². The molecule has 0 amide bonds. The fourth-order valence-electron chi connectivity index (χ4n) is 7.59. The van der Waals surface area contributed by atoms with Gasteiger partial charge in [0.1, 0.15) is 12.3 Å². The van der Waals surface area contributed by atoms with Gasteiger partial charge in [-0.3, -0.25) is 0 Å². The molecule has 27 heavy (non-hydrogen) atoms. The minimum absolute atomic E-state index is 0.432. The zero-order valence-electron chi connectivity index (χ0n) is 16.8. The van der Waals surface area contributed by atoms with Gasteiger partial charge in [0.05, 0.1) is 5.54 Å². The Bertz CT molecular complexity index is 866. The Morgan fingerprint density at radius 1 is 1.04 bits per heavy atom. The molecule has 3 heteroatoms. The summed E-state index contributed by atoms with van der Waals surface area (Å²) in [5.41, 5.74) is 3.75. The number of nitrogens with two attached hydrogens (primary N) is 1. The Morgan fingerprint density at radius 2 is 1.78 bits per heavy atom. The van der Waals surface area contributed by atoms with E-state index < -0.39 is 0 Å². The summed E-state index contributed by atoms with van der Waals surface area (Å²) in [6.45, 7) is 8.10. The van der Waals surface area contributed by atoms with Crippen molar-refractivity contribution in [2.45, 2.75) is 71.4 Å². The van der Waals surface area contributed by atoms with Crippen molar-refractivity contribution in [3.05, 3.63) is 46.7 Å². The summed E-state index contributed by atoms with van der Waals surface area (Å²) < 4.78 is 6.23. The third-order valence-corrected chi connectivity index (χ3v) is 8.01. The highest BCUT2D eigenvalue weighted by Gasteiger charge is 2.62. The maximum Gasteiger partial charge on any atom is 0.158 e. The standard InChI is InChI=1S/C24H30ClNO/c1-16-19(5-4-6-20(16)25)21-8-7-18(27-21)12-26-24-11-17-9-22(2,14-24)13-23(3,10-17)15-24/h4-8,17,26H,9-15H2,1-3H3/p+1/t17?,22-,23+,24?. The zero-order chi connectivity index (χ0) is 18.9. The van der Waals surface area contributed by atoms with Gasteiger partial charge in [-0.2, -0.15) is 0 Å². The highest BCUT2D eigenvalue weighted by atomic mass is 35.5. The van der Waals surface area contributed by atoms with E-state index in [4.69, 9.17) is 16.0 Å². The summed E-state index contributed by atoms with van der Waals surface area (Å²) >= 11 is 6.29. The lowest BCUT2D eigenvalue weighted by molar-refractivity contribution is -0.757. The fourth-order valence-corrected chi connectivity index (χ4v) is 7.76. The molecule has 0 aliphatic heterocycles. The molecule has 6 rings (SSSR count). The van der Waals surface area contributed by atoms with Crippen LogP contribution in [-0.4, -0.2) is 5.54 Å². The molecule has 4 atom stereocenters. The maximum absolute atomic E-state index is 6.29. The molecule has 0 spiro atoms. The van der Waals surface area contributed by atoms with Crippen molar-refractivity contribution in [3.8, 4) is 11.3 Å². The van der Waals surface area contributed by atoms with E-state index in [1.165, 1.54) is 38.5 Å². The van der Waals surface area contributed by atoms with Crippen LogP contribution in [-0.2, 0) is 6.54 Å². The molecule has 2 aromatic rings. The van der Waals surface area contributed by atoms with Gasteiger partial charge >= 0.3 is 0 Å². The van der Waals surface area contributed by atoms with Gasteiger partial charge in [0.15, 0.2) is 5.76 Å². The van der Waals surface area contributed by atoms with Crippen molar-refractivity contribution in [2.24, 2.45) is 16.7 Å². The smallest absolute Gasteiger partial charge is 0.158 e. The molecule has 4 aliphatic carbocycles. The zero-order valence-corrected chi connectivity index (χ0v) is 17.5. The summed E-state index contributed by atoms with van der Waals surface area (Å²) in [7, 11) is 0. The molecule has 2 nitrogen and oxygen atoms in total. The molecule has 4 fully saturated rings. The topological polar surface area (TPSA) is 29.8 Å². The molecule has 4 aliphatic rings. The number of quaternary nitrogens is 1. The van der Waals surface area contributed by atoms with Crippen molar-refractivity contribution in [1.29, 1.82) is 0 Å². The number of halogens is 1. The van der Waals surface area contributed by atoms with Crippen LogP contribution in [0.25, 0.3) is 11.3 Å². The van der Waals surface area contributed by atoms with Gasteiger partial charge in [-0.05, 0) is 66.7 Å². The minimum Gasteiger partial charge on any atom is -0.455 e. The summed E-state index contributed by atoms with van der Waals surface area (Å²) in [6.07, 6.45) is 8.51. The lowest BCUT2D eigenvalue weighted by Crippen LogP contribution is -2.98. The molecule has 2 unspecified atom stereocenters. The van der Waals surface area contributed by atoms with Gasteiger partial charge in [0.2, 0.25) is 0 Å². The van der Waals surface area contributed by atoms with Crippen LogP contribution in [0.2, 0.25) is 5.02 Å². The van der Waals surface area contributed by atoms with Crippen LogP contribution in [0.4, 0.5) is 0 Å². The van der Waals surface area contributed by atoms with E-state index in [1.54, 1.807) is 0 Å². The highest BCUT2D eigenvalue weighted by Crippen LogP contribution is 2.65. The van der Waals surface area contributed by atoms with Gasteiger partial charge in [-0.1, -0.05) is 37.6 Å². The number of furan rings is 1. The second kappa shape index (κ2) is 5.87. The summed E-state index contributed by atoms with van der Waals surface area (Å²) in [6, 6.07) is 10.3. The molecule has 0 radical (unpaired) electrons. The van der Waals surface area contributed by atoms with Crippen molar-refractivity contribution in [3.63, 3.8) is 0 Å². The van der Waals surface area contributed by atoms with Crippen molar-refractivity contribution < 1.29 is 9.73 Å². The number of rotatable bonds is 4. The Balaban J connectivity index is 1.34. The number of benzene rings is 1. The molecule has 0 saturated heterocycles. The second-order valence-electron chi connectivity index (χ2n) is 10.6. The van der Waals surface area contributed by atoms with Gasteiger partial charge < -0.3 is 9.73 Å². The first-order chi connectivity index (χ1) is 12.8. The molecule has 2 N–H and O–H groups in total. The number of hydrogen-bond acceptors (Lipinski definition) is 1. The average Bonchev–Trinajstić information content (AvgIpc) is 3.01. The lowest BCUT2D eigenvalue weighted by Gasteiger charge is -2.63. The second-order valence-corrected chi connectivity index (χ2v) is 11.0. The van der Waals surface area contributed by atoms with E-state index in [9.17, 15) is 0 Å². The first-order valence-electron chi connectivity index (χ1n) is 10.5. The van der Waals surface area contributed by atoms with E-state index in [0.29, 0.717) is 16.4 Å². The molecular formula is C24H31ClNO+. The van der Waals surface area contributed by atoms with Crippen molar-refractivity contribution in [1.82, 2.24) is 0 Å². The fraction of sp³-hybridized carbons (Fsp3) is 0.583. The average molecular weight is 385 g/mol. The summed E-state index contributed by atoms with van der Waals surface area (Å²) in [4.78, 5) is 0. The Morgan fingerprint density at radius 3 is 2.48 bits per heavy atom. The molecule has 1 aromatic carbocycles. The molecule has 1 heterocycles. The van der Waals surface area contributed by atoms with Gasteiger partial charge in [0, 0.05) is 29.8 Å². The van der Waals surface area contributed by atoms with Crippen LogP contribution in [0.5, 0.6) is 0 Å². The molecular weight excluding hydrogens is 354 g/mol. The molecule has 4 saturated carbocycles. The summed E-state index contributed by atoms with van der Waals surface area (Å²) in [5, 5.41) is 3.42. The minimum atomic E-state index is 0.432. The largest absolute Gasteiger partial charge is 0.455 e. The van der Waals surface area contributed by atoms with E-state index in [1.807, 2.05) is 12.1 Å². The monoisotopic (exact) mass is 384 g/mol. The van der Waals surface area contributed by atoms with Crippen molar-refractivity contribution >= 4 is 11.6 Å². The van der Waals surface area contributed by atoms with Crippen LogP contribution >= 0.6 is 11.6 Å². The van der Waals surface area contributed by atoms with E-state index in [-0.39, 0.29) is 0 Å². The highest BCUT2D eigenvalue weighted by molar-refractivity contribution is 6.31. The summed E-state index contributed by atoms with van der Waals surface area (Å²) in [5.74, 6) is 2.95. The van der Waals surface area contributed by atoms with Gasteiger partial charge in [0.25, 0.3) is 0 Å². The van der Waals surface area contributed by atoms with Crippen LogP contribution in [0.1, 0.15) is 63.7 Å². The first kappa shape index (κ1) is 17.8. The van der Waals surface area contributed by atoms with E-state index >= 15 is 0 Å². The van der Waals surface area contributed by atoms with E-state index in [0.717, 1.165) is 40.1 Å². The molecule has 4 bridgehead atoms. The van der Waals surface area contributed by atoms with E-state index in [2.05, 4.69) is 44.3 Å². The first-order valence-corrected chi connectivity index (χ1v) is 10.8. The SMILES string of the molecule is Cc1c(Cl)cccc1-c1ccc(C[NH2+]C23CC4C[C@@](C)(C2)C[C@](C)(C4)C3)o1. The van der Waals surface area contributed by atoms with Crippen LogP contribution in [0.3, 0.4) is 0 Å². The molecule has 144 valence electrons. The normalized spacial score (nSPS) is 37.1. The predicted molar refractivity (Wildman–Crippen MR) is 110 cm³/mol. The van der Waals surface area contributed by atoms with Gasteiger partial charge in [-0.25, -0.2) is 0 Å². The molecule has 1 aromatic heterocycles. The maximum atomic E-state index is 6.29. The lowest BCUT2D eigenvalue weighted by atomic mass is 9.43. The quantitative estimate of drug-likeness (QED) is 0.717. The third kappa shape index (κ3) is 3.06. The van der Waals surface area contributed by atoms with Crippen molar-refractivity contribution in [2.75, 3.05) is 0 Å². The van der Waals surface area contributed by atoms with Crippen LogP contribution < -0.4 is 5.32 Å². The Labute approximate surface area is 167 Å². The van der Waals surface area contributed by atoms with Crippen LogP contribution in [0.15, 0.2) is 34.7 Å². The predicted octanol–water partition coefficient (Wildman–Crippen LogP) is 5.72. The third-order valence-electron chi connectivity index (χ3n) is 7.60.